The molecular weight excluding hydrogens is 243 g/mol. The van der Waals surface area contributed by atoms with E-state index in [-0.39, 0.29) is 11.7 Å². The first-order valence-electron chi connectivity index (χ1n) is 4.60. The molecule has 1 rings (SSSR count). The Kier molecular flexibility index (Phi) is 3.74. The van der Waals surface area contributed by atoms with Crippen molar-refractivity contribution >= 4 is 16.5 Å². The number of nitrogens with one attached hydrogen (secondary N) is 1. The lowest BCUT2D eigenvalue weighted by atomic mass is 10.0. The van der Waals surface area contributed by atoms with Crippen LogP contribution in [0.4, 0.5) is 18.3 Å². The molecule has 0 aliphatic heterocycles. The Morgan fingerprint density at radius 2 is 2.00 bits per heavy atom. The van der Waals surface area contributed by atoms with Crippen LogP contribution in [0.2, 0.25) is 0 Å². The molecule has 92 valence electrons. The van der Waals surface area contributed by atoms with Gasteiger partial charge in [0.25, 0.3) is 0 Å². The van der Waals surface area contributed by atoms with Crippen LogP contribution < -0.4 is 5.32 Å². The van der Waals surface area contributed by atoms with Crippen LogP contribution in [0.15, 0.2) is 0 Å². The van der Waals surface area contributed by atoms with Crippen LogP contribution in [-0.4, -0.2) is 27.4 Å². The largest absolute Gasteiger partial charge is 0.445 e. The second-order valence-corrected chi connectivity index (χ2v) is 4.58. The van der Waals surface area contributed by atoms with Crippen molar-refractivity contribution in [3.8, 4) is 0 Å². The lowest BCUT2D eigenvalue weighted by Crippen LogP contribution is -2.37. The van der Waals surface area contributed by atoms with Crippen molar-refractivity contribution in [3.63, 3.8) is 0 Å². The molecule has 0 amide bonds. The number of aliphatic hydroxyl groups is 1. The lowest BCUT2D eigenvalue weighted by molar-refractivity contribution is -0.138. The molecule has 0 fully saturated rings. The smallest absolute Gasteiger partial charge is 0.394 e. The third-order valence-corrected chi connectivity index (χ3v) is 3.09. The van der Waals surface area contributed by atoms with E-state index in [0.717, 1.165) is 0 Å². The molecule has 1 aromatic rings. The predicted octanol–water partition coefficient (Wildman–Crippen LogP) is 2.13. The van der Waals surface area contributed by atoms with E-state index in [9.17, 15) is 13.2 Å². The molecule has 16 heavy (non-hydrogen) atoms. The van der Waals surface area contributed by atoms with Gasteiger partial charge in [0.1, 0.15) is 0 Å². The van der Waals surface area contributed by atoms with Crippen molar-refractivity contribution in [3.05, 3.63) is 5.01 Å². The highest BCUT2D eigenvalue weighted by molar-refractivity contribution is 7.15. The normalized spacial score (nSPS) is 15.9. The SMILES string of the molecule is CCC(C)(CO)Nc1nnc(C(F)(F)F)s1. The fourth-order valence-electron chi connectivity index (χ4n) is 0.886. The molecule has 0 spiro atoms. The van der Waals surface area contributed by atoms with E-state index in [1.54, 1.807) is 6.92 Å². The molecule has 4 nitrogen and oxygen atoms in total. The molecule has 1 aromatic heterocycles. The molecule has 0 saturated carbocycles. The second-order valence-electron chi connectivity index (χ2n) is 3.61. The molecule has 0 aliphatic carbocycles. The monoisotopic (exact) mass is 255 g/mol. The van der Waals surface area contributed by atoms with Crippen LogP contribution >= 0.6 is 11.3 Å². The Labute approximate surface area is 94.5 Å². The van der Waals surface area contributed by atoms with Gasteiger partial charge in [0.2, 0.25) is 10.1 Å². The van der Waals surface area contributed by atoms with E-state index >= 15 is 0 Å². The molecule has 2 N–H and O–H groups in total. The van der Waals surface area contributed by atoms with Crippen LogP contribution in [0.5, 0.6) is 0 Å². The van der Waals surface area contributed by atoms with Gasteiger partial charge in [-0.2, -0.15) is 13.2 Å². The highest BCUT2D eigenvalue weighted by Gasteiger charge is 2.36. The molecule has 0 radical (unpaired) electrons. The number of rotatable bonds is 4. The van der Waals surface area contributed by atoms with Gasteiger partial charge >= 0.3 is 6.18 Å². The van der Waals surface area contributed by atoms with E-state index in [1.165, 1.54) is 0 Å². The molecule has 8 heteroatoms. The Morgan fingerprint density at radius 1 is 1.38 bits per heavy atom. The maximum absolute atomic E-state index is 12.2. The predicted molar refractivity (Wildman–Crippen MR) is 54.3 cm³/mol. The number of aliphatic hydroxyl groups excluding tert-OH is 1. The van der Waals surface area contributed by atoms with E-state index in [1.807, 2.05) is 6.92 Å². The second kappa shape index (κ2) is 4.54. The zero-order valence-corrected chi connectivity index (χ0v) is 9.61. The Balaban J connectivity index is 2.80. The Hall–Kier alpha value is -0.890. The third-order valence-electron chi connectivity index (χ3n) is 2.21. The summed E-state index contributed by atoms with van der Waals surface area (Å²) in [6.45, 7) is 3.32. The standard InChI is InChI=1S/C8H12F3N3OS/c1-3-7(2,4-15)12-6-14-13-5(16-6)8(9,10)11/h15H,3-4H2,1-2H3,(H,12,14). The maximum Gasteiger partial charge on any atom is 0.445 e. The van der Waals surface area contributed by atoms with Gasteiger partial charge in [0.05, 0.1) is 12.1 Å². The number of hydrogen-bond donors (Lipinski definition) is 2. The highest BCUT2D eigenvalue weighted by atomic mass is 32.1. The summed E-state index contributed by atoms with van der Waals surface area (Å²) in [6, 6.07) is 0. The van der Waals surface area contributed by atoms with Gasteiger partial charge in [-0.1, -0.05) is 18.3 Å². The molecule has 0 aliphatic rings. The minimum Gasteiger partial charge on any atom is -0.394 e. The van der Waals surface area contributed by atoms with E-state index < -0.39 is 16.7 Å². The third kappa shape index (κ3) is 3.05. The molecule has 0 saturated heterocycles. The van der Waals surface area contributed by atoms with Crippen molar-refractivity contribution in [1.82, 2.24) is 10.2 Å². The van der Waals surface area contributed by atoms with Crippen molar-refractivity contribution < 1.29 is 18.3 Å². The van der Waals surface area contributed by atoms with Gasteiger partial charge in [0.15, 0.2) is 0 Å². The fraction of sp³-hybridized carbons (Fsp3) is 0.750. The summed E-state index contributed by atoms with van der Waals surface area (Å²) in [7, 11) is 0. The number of halogens is 3. The summed E-state index contributed by atoms with van der Waals surface area (Å²) in [6.07, 6.45) is -3.91. The van der Waals surface area contributed by atoms with E-state index in [4.69, 9.17) is 5.11 Å². The summed E-state index contributed by atoms with van der Waals surface area (Å²) >= 11 is 0.428. The quantitative estimate of drug-likeness (QED) is 0.865. The topological polar surface area (TPSA) is 58.0 Å². The summed E-state index contributed by atoms with van der Waals surface area (Å²) < 4.78 is 36.7. The summed E-state index contributed by atoms with van der Waals surface area (Å²) in [4.78, 5) is 0. The molecule has 1 unspecified atom stereocenters. The van der Waals surface area contributed by atoms with Crippen LogP contribution in [-0.2, 0) is 6.18 Å². The molecule has 0 bridgehead atoms. The number of alkyl halides is 3. The molecule has 0 aromatic carbocycles. The van der Waals surface area contributed by atoms with Gasteiger partial charge in [-0.05, 0) is 13.3 Å². The Bertz CT molecular complexity index is 349. The summed E-state index contributed by atoms with van der Waals surface area (Å²) in [5.74, 6) is 0. The molecule has 1 atom stereocenters. The van der Waals surface area contributed by atoms with E-state index in [2.05, 4.69) is 15.5 Å². The average molecular weight is 255 g/mol. The summed E-state index contributed by atoms with van der Waals surface area (Å²) in [5, 5.41) is 17.3. The Morgan fingerprint density at radius 3 is 2.38 bits per heavy atom. The number of anilines is 1. The van der Waals surface area contributed by atoms with Crippen LogP contribution in [0.3, 0.4) is 0 Å². The van der Waals surface area contributed by atoms with Gasteiger partial charge in [0, 0.05) is 0 Å². The lowest BCUT2D eigenvalue weighted by Gasteiger charge is -2.26. The maximum atomic E-state index is 12.2. The first kappa shape index (κ1) is 13.2. The molecule has 1 heterocycles. The zero-order valence-electron chi connectivity index (χ0n) is 8.80. The van der Waals surface area contributed by atoms with Gasteiger partial charge in [-0.25, -0.2) is 0 Å². The van der Waals surface area contributed by atoms with Crippen LogP contribution in [0.25, 0.3) is 0 Å². The fourth-order valence-corrected chi connectivity index (χ4v) is 1.65. The van der Waals surface area contributed by atoms with Crippen LogP contribution in [0, 0.1) is 0 Å². The first-order valence-corrected chi connectivity index (χ1v) is 5.42. The van der Waals surface area contributed by atoms with Gasteiger partial charge in [-0.3, -0.25) is 0 Å². The number of hydrogen-bond acceptors (Lipinski definition) is 5. The minimum atomic E-state index is -4.47. The highest BCUT2D eigenvalue weighted by Crippen LogP contribution is 2.33. The number of aromatic nitrogens is 2. The summed E-state index contributed by atoms with van der Waals surface area (Å²) in [5.41, 5.74) is -0.678. The van der Waals surface area contributed by atoms with E-state index in [0.29, 0.717) is 17.8 Å². The van der Waals surface area contributed by atoms with Gasteiger partial charge < -0.3 is 10.4 Å². The number of nitrogens with zero attached hydrogens (tertiary/aromatic N) is 2. The minimum absolute atomic E-state index is 0.0609. The zero-order chi connectivity index (χ0) is 12.4. The van der Waals surface area contributed by atoms with Crippen molar-refractivity contribution in [2.75, 3.05) is 11.9 Å². The van der Waals surface area contributed by atoms with Crippen molar-refractivity contribution in [2.24, 2.45) is 0 Å². The van der Waals surface area contributed by atoms with Gasteiger partial charge in [-0.15, -0.1) is 10.2 Å². The average Bonchev–Trinajstić information content (AvgIpc) is 2.65. The van der Waals surface area contributed by atoms with Crippen LogP contribution in [0.1, 0.15) is 25.3 Å². The molecular formula is C8H12F3N3OS. The van der Waals surface area contributed by atoms with Crippen molar-refractivity contribution in [1.29, 1.82) is 0 Å². The first-order chi connectivity index (χ1) is 7.30. The van der Waals surface area contributed by atoms with Crippen molar-refractivity contribution in [2.45, 2.75) is 32.0 Å².